The van der Waals surface area contributed by atoms with Gasteiger partial charge in [0.2, 0.25) is 0 Å². The van der Waals surface area contributed by atoms with Crippen LogP contribution in [0.1, 0.15) is 51.0 Å². The molecule has 1 aromatic heterocycles. The third-order valence-corrected chi connectivity index (χ3v) is 5.13. The maximum Gasteiger partial charge on any atom is 0.268 e. The van der Waals surface area contributed by atoms with Gasteiger partial charge in [-0.15, -0.1) is 0 Å². The molecule has 0 radical (unpaired) electrons. The summed E-state index contributed by atoms with van der Waals surface area (Å²) < 4.78 is 3.17. The van der Waals surface area contributed by atoms with Crippen molar-refractivity contribution >= 4 is 21.6 Å². The molecular formula is C15H19NOS. The molecule has 0 saturated heterocycles. The van der Waals surface area contributed by atoms with Gasteiger partial charge in [-0.1, -0.05) is 55.8 Å². The summed E-state index contributed by atoms with van der Waals surface area (Å²) in [4.78, 5) is 12.4. The highest BCUT2D eigenvalue weighted by atomic mass is 32.1. The molecule has 0 bridgehead atoms. The zero-order valence-electron chi connectivity index (χ0n) is 10.6. The molecule has 0 aliphatic heterocycles. The predicted octanol–water partition coefficient (Wildman–Crippen LogP) is 4.35. The fourth-order valence-electron chi connectivity index (χ4n) is 2.90. The molecule has 96 valence electrons. The van der Waals surface area contributed by atoms with Gasteiger partial charge in [0.1, 0.15) is 0 Å². The zero-order chi connectivity index (χ0) is 12.4. The van der Waals surface area contributed by atoms with Gasteiger partial charge in [0.15, 0.2) is 0 Å². The molecule has 1 fully saturated rings. The van der Waals surface area contributed by atoms with Gasteiger partial charge in [-0.2, -0.15) is 0 Å². The Kier molecular flexibility index (Phi) is 3.50. The smallest absolute Gasteiger partial charge is 0.268 e. The SMILES string of the molecule is O=c1c2ccccc2sn1C1CCCCCCC1. The van der Waals surface area contributed by atoms with Crippen LogP contribution in [0.3, 0.4) is 0 Å². The van der Waals surface area contributed by atoms with Gasteiger partial charge >= 0.3 is 0 Å². The molecule has 3 heteroatoms. The van der Waals surface area contributed by atoms with Crippen LogP contribution in [0, 0.1) is 0 Å². The van der Waals surface area contributed by atoms with E-state index < -0.39 is 0 Å². The van der Waals surface area contributed by atoms with Crippen molar-refractivity contribution in [1.29, 1.82) is 0 Å². The molecule has 0 unspecified atom stereocenters. The normalized spacial score (nSPS) is 18.7. The minimum atomic E-state index is 0.223. The van der Waals surface area contributed by atoms with Gasteiger partial charge < -0.3 is 0 Å². The van der Waals surface area contributed by atoms with E-state index in [2.05, 4.69) is 6.07 Å². The molecule has 1 heterocycles. The lowest BCUT2D eigenvalue weighted by molar-refractivity contribution is 0.384. The minimum Gasteiger partial charge on any atom is -0.268 e. The molecule has 0 atom stereocenters. The van der Waals surface area contributed by atoms with Crippen LogP contribution in [-0.2, 0) is 0 Å². The molecule has 18 heavy (non-hydrogen) atoms. The summed E-state index contributed by atoms with van der Waals surface area (Å²) in [6.45, 7) is 0. The van der Waals surface area contributed by atoms with Gasteiger partial charge in [-0.25, -0.2) is 0 Å². The Morgan fingerprint density at radius 1 is 1.00 bits per heavy atom. The summed E-state index contributed by atoms with van der Waals surface area (Å²) >= 11 is 1.65. The highest BCUT2D eigenvalue weighted by molar-refractivity contribution is 7.13. The molecule has 0 N–H and O–H groups in total. The molecule has 1 saturated carbocycles. The second-order valence-electron chi connectivity index (χ2n) is 5.22. The summed E-state index contributed by atoms with van der Waals surface area (Å²) in [7, 11) is 0. The largest absolute Gasteiger partial charge is 0.268 e. The van der Waals surface area contributed by atoms with Crippen LogP contribution in [0.25, 0.3) is 10.1 Å². The Labute approximate surface area is 111 Å². The lowest BCUT2D eigenvalue weighted by Crippen LogP contribution is -2.20. The first-order valence-electron chi connectivity index (χ1n) is 6.97. The Morgan fingerprint density at radius 2 is 1.67 bits per heavy atom. The van der Waals surface area contributed by atoms with E-state index >= 15 is 0 Å². The van der Waals surface area contributed by atoms with Crippen molar-refractivity contribution in [2.45, 2.75) is 51.0 Å². The molecule has 2 nitrogen and oxygen atoms in total. The van der Waals surface area contributed by atoms with Crippen molar-refractivity contribution in [1.82, 2.24) is 3.96 Å². The molecule has 1 aliphatic carbocycles. The number of rotatable bonds is 1. The Bertz CT molecular complexity index is 575. The number of hydrogen-bond acceptors (Lipinski definition) is 2. The average molecular weight is 261 g/mol. The lowest BCUT2D eigenvalue weighted by Gasteiger charge is -2.19. The van der Waals surface area contributed by atoms with Crippen LogP contribution >= 0.6 is 11.5 Å². The first kappa shape index (κ1) is 12.0. The molecule has 0 amide bonds. The van der Waals surface area contributed by atoms with Crippen LogP contribution in [0.15, 0.2) is 29.1 Å². The second kappa shape index (κ2) is 5.27. The number of hydrogen-bond donors (Lipinski definition) is 0. The first-order valence-corrected chi connectivity index (χ1v) is 7.74. The standard InChI is InChI=1S/C15H19NOS/c17-15-13-10-6-7-11-14(13)18-16(15)12-8-4-2-1-3-5-9-12/h6-7,10-12H,1-5,8-9H2. The Balaban J connectivity index is 1.97. The maximum absolute atomic E-state index is 12.4. The van der Waals surface area contributed by atoms with Crippen LogP contribution in [0.2, 0.25) is 0 Å². The molecule has 3 rings (SSSR count). The topological polar surface area (TPSA) is 22.0 Å². The van der Waals surface area contributed by atoms with Crippen molar-refractivity contribution in [3.63, 3.8) is 0 Å². The van der Waals surface area contributed by atoms with Gasteiger partial charge in [0.25, 0.3) is 5.56 Å². The van der Waals surface area contributed by atoms with Gasteiger partial charge in [-0.3, -0.25) is 8.75 Å². The van der Waals surface area contributed by atoms with Crippen molar-refractivity contribution in [2.75, 3.05) is 0 Å². The Morgan fingerprint density at radius 3 is 2.39 bits per heavy atom. The van der Waals surface area contributed by atoms with E-state index in [0.29, 0.717) is 6.04 Å². The van der Waals surface area contributed by atoms with E-state index in [0.717, 1.165) is 10.1 Å². The first-order chi connectivity index (χ1) is 8.86. The zero-order valence-corrected chi connectivity index (χ0v) is 11.4. The van der Waals surface area contributed by atoms with E-state index in [9.17, 15) is 4.79 Å². The quantitative estimate of drug-likeness (QED) is 0.748. The van der Waals surface area contributed by atoms with Gasteiger partial charge in [0.05, 0.1) is 10.1 Å². The highest BCUT2D eigenvalue weighted by Gasteiger charge is 2.17. The fraction of sp³-hybridized carbons (Fsp3) is 0.533. The van der Waals surface area contributed by atoms with Crippen LogP contribution in [0.4, 0.5) is 0 Å². The molecule has 1 aliphatic rings. The molecule has 2 aromatic rings. The average Bonchev–Trinajstić information content (AvgIpc) is 2.67. The summed E-state index contributed by atoms with van der Waals surface area (Å²) in [6.07, 6.45) is 8.91. The van der Waals surface area contributed by atoms with E-state index in [1.165, 1.54) is 44.9 Å². The van der Waals surface area contributed by atoms with Crippen molar-refractivity contribution in [3.8, 4) is 0 Å². The van der Waals surface area contributed by atoms with Crippen molar-refractivity contribution in [2.24, 2.45) is 0 Å². The van der Waals surface area contributed by atoms with E-state index in [4.69, 9.17) is 0 Å². The van der Waals surface area contributed by atoms with Crippen molar-refractivity contribution in [3.05, 3.63) is 34.6 Å². The third kappa shape index (κ3) is 2.24. The van der Waals surface area contributed by atoms with Crippen molar-refractivity contribution < 1.29 is 0 Å². The maximum atomic E-state index is 12.4. The van der Waals surface area contributed by atoms with E-state index in [-0.39, 0.29) is 5.56 Å². The highest BCUT2D eigenvalue weighted by Crippen LogP contribution is 2.29. The number of nitrogens with zero attached hydrogens (tertiary/aromatic N) is 1. The van der Waals surface area contributed by atoms with Crippen LogP contribution < -0.4 is 5.56 Å². The second-order valence-corrected chi connectivity index (χ2v) is 6.23. The molecule has 1 aromatic carbocycles. The lowest BCUT2D eigenvalue weighted by atomic mass is 9.97. The summed E-state index contributed by atoms with van der Waals surface area (Å²) in [6, 6.07) is 8.42. The summed E-state index contributed by atoms with van der Waals surface area (Å²) in [5.41, 5.74) is 0.223. The Hall–Kier alpha value is -1.09. The number of benzene rings is 1. The minimum absolute atomic E-state index is 0.223. The van der Waals surface area contributed by atoms with Gasteiger partial charge in [-0.05, 0) is 25.0 Å². The third-order valence-electron chi connectivity index (χ3n) is 3.92. The predicted molar refractivity (Wildman–Crippen MR) is 77.4 cm³/mol. The summed E-state index contributed by atoms with van der Waals surface area (Å²) in [5.74, 6) is 0. The number of fused-ring (bicyclic) bond motifs is 1. The molecular weight excluding hydrogens is 242 g/mol. The molecule has 0 spiro atoms. The fourth-order valence-corrected chi connectivity index (χ4v) is 4.04. The summed E-state index contributed by atoms with van der Waals surface area (Å²) in [5, 5.41) is 0.893. The van der Waals surface area contributed by atoms with E-state index in [1.807, 2.05) is 22.2 Å². The number of aromatic nitrogens is 1. The van der Waals surface area contributed by atoms with E-state index in [1.54, 1.807) is 11.5 Å². The monoisotopic (exact) mass is 261 g/mol. The van der Waals surface area contributed by atoms with Crippen LogP contribution in [0.5, 0.6) is 0 Å². The van der Waals surface area contributed by atoms with Gasteiger partial charge in [0, 0.05) is 6.04 Å². The van der Waals surface area contributed by atoms with Crippen LogP contribution in [-0.4, -0.2) is 3.96 Å².